The minimum Gasteiger partial charge on any atom is -0.495 e. The number of aromatic nitrogens is 1. The number of nitrogens with zero attached hydrogens (tertiary/aromatic N) is 2. The lowest BCUT2D eigenvalue weighted by Crippen LogP contribution is -2.38. The zero-order valence-electron chi connectivity index (χ0n) is 21.5. The van der Waals surface area contributed by atoms with Crippen LogP contribution in [0, 0.1) is 0 Å². The van der Waals surface area contributed by atoms with Crippen molar-refractivity contribution in [2.24, 2.45) is 0 Å². The summed E-state index contributed by atoms with van der Waals surface area (Å²) in [6, 6.07) is 15.2. The van der Waals surface area contributed by atoms with Gasteiger partial charge in [-0.2, -0.15) is 0 Å². The van der Waals surface area contributed by atoms with Gasteiger partial charge >= 0.3 is 5.97 Å². The second-order valence-corrected chi connectivity index (χ2v) is 10.5. The van der Waals surface area contributed by atoms with Gasteiger partial charge in [0.2, 0.25) is 0 Å². The third-order valence-electron chi connectivity index (χ3n) is 6.02. The van der Waals surface area contributed by atoms with E-state index in [0.29, 0.717) is 16.7 Å². The Morgan fingerprint density at radius 1 is 0.872 bits per heavy atom. The number of hydrogen-bond acceptors (Lipinski definition) is 8. The lowest BCUT2D eigenvalue weighted by atomic mass is 10.2. The van der Waals surface area contributed by atoms with E-state index in [4.69, 9.17) is 30.5 Å². The van der Waals surface area contributed by atoms with Gasteiger partial charge in [-0.3, -0.25) is 13.7 Å². The van der Waals surface area contributed by atoms with Gasteiger partial charge in [0.15, 0.2) is 11.5 Å². The topological polar surface area (TPSA) is 113 Å². The molecule has 0 N–H and O–H groups in total. The molecule has 3 aromatic carbocycles. The van der Waals surface area contributed by atoms with Crippen LogP contribution in [0.25, 0.3) is 10.9 Å². The number of benzene rings is 3. The van der Waals surface area contributed by atoms with Crippen molar-refractivity contribution >= 4 is 50.1 Å². The third kappa shape index (κ3) is 5.23. The Bertz CT molecular complexity index is 1670. The molecule has 0 saturated carbocycles. The number of fused-ring (bicyclic) bond motifs is 1. The summed E-state index contributed by atoms with van der Waals surface area (Å²) in [4.78, 5) is 26.0. The van der Waals surface area contributed by atoms with Crippen LogP contribution in [0.1, 0.15) is 15.2 Å². The molecule has 0 radical (unpaired) electrons. The number of ether oxygens (including phenoxy) is 4. The Morgan fingerprint density at radius 3 is 2.21 bits per heavy atom. The van der Waals surface area contributed by atoms with Crippen LogP contribution in [0.4, 0.5) is 5.69 Å². The van der Waals surface area contributed by atoms with Crippen molar-refractivity contribution in [3.63, 3.8) is 0 Å². The largest absolute Gasteiger partial charge is 0.495 e. The number of esters is 1. The molecule has 10 nitrogen and oxygen atoms in total. The molecular formula is C27H25ClN2O8S. The molecule has 0 aliphatic heterocycles. The maximum Gasteiger partial charge on any atom is 0.340 e. The summed E-state index contributed by atoms with van der Waals surface area (Å²) in [5.74, 6) is -0.601. The van der Waals surface area contributed by atoms with Crippen molar-refractivity contribution in [1.29, 1.82) is 0 Å². The van der Waals surface area contributed by atoms with Gasteiger partial charge in [0.25, 0.3) is 15.9 Å². The first-order valence-electron chi connectivity index (χ1n) is 11.5. The smallest absolute Gasteiger partial charge is 0.340 e. The van der Waals surface area contributed by atoms with Gasteiger partial charge < -0.3 is 18.9 Å². The molecule has 0 spiro atoms. The maximum atomic E-state index is 14.1. The highest BCUT2D eigenvalue weighted by molar-refractivity contribution is 7.92. The first kappa shape index (κ1) is 27.8. The number of carbonyl (C=O) groups excluding carboxylic acids is 2. The van der Waals surface area contributed by atoms with E-state index in [0.717, 1.165) is 4.31 Å². The molecule has 0 atom stereocenters. The summed E-state index contributed by atoms with van der Waals surface area (Å²) in [5.41, 5.74) is 0.610. The fourth-order valence-corrected chi connectivity index (χ4v) is 5.72. The molecule has 0 aliphatic rings. The van der Waals surface area contributed by atoms with E-state index < -0.39 is 28.4 Å². The van der Waals surface area contributed by atoms with Gasteiger partial charge in [0.1, 0.15) is 12.3 Å². The molecule has 39 heavy (non-hydrogen) atoms. The number of halogens is 1. The summed E-state index contributed by atoms with van der Waals surface area (Å²) in [7, 11) is 1.02. The summed E-state index contributed by atoms with van der Waals surface area (Å²) in [6.07, 6.45) is 1.33. The van der Waals surface area contributed by atoms with Crippen molar-refractivity contribution in [3.05, 3.63) is 77.4 Å². The number of rotatable bonds is 9. The van der Waals surface area contributed by atoms with Crippen molar-refractivity contribution in [2.45, 2.75) is 4.90 Å². The summed E-state index contributed by atoms with van der Waals surface area (Å²) in [5, 5.41) is 0.706. The van der Waals surface area contributed by atoms with E-state index in [2.05, 4.69) is 0 Å². The Kier molecular flexibility index (Phi) is 8.03. The van der Waals surface area contributed by atoms with Gasteiger partial charge in [-0.05, 0) is 36.4 Å². The lowest BCUT2D eigenvalue weighted by molar-refractivity contribution is 0.0603. The van der Waals surface area contributed by atoms with E-state index in [1.165, 1.54) is 75.6 Å². The number of methoxy groups -OCH3 is 4. The molecule has 204 valence electrons. The summed E-state index contributed by atoms with van der Waals surface area (Å²) in [6.45, 7) is -0.660. The van der Waals surface area contributed by atoms with Gasteiger partial charge in [-0.1, -0.05) is 29.8 Å². The molecular weight excluding hydrogens is 548 g/mol. The highest BCUT2D eigenvalue weighted by atomic mass is 35.5. The molecule has 0 unspecified atom stereocenters. The van der Waals surface area contributed by atoms with Crippen LogP contribution in [0.15, 0.2) is 71.8 Å². The van der Waals surface area contributed by atoms with E-state index in [9.17, 15) is 18.0 Å². The zero-order chi connectivity index (χ0) is 28.3. The standard InChI is InChI=1S/C27H25ClN2O8S/c1-35-23-11-9-17(28)13-22(23)30(39(33,34)18-10-12-24(36-2)25(14-18)37-3)16-26(31)29-15-20(27(32)38-4)19-7-5-6-8-21(19)29/h5-15H,16H2,1-4H3. The molecule has 0 amide bonds. The van der Waals surface area contributed by atoms with Crippen LogP contribution in [-0.2, 0) is 14.8 Å². The van der Waals surface area contributed by atoms with Crippen LogP contribution in [0.3, 0.4) is 0 Å². The van der Waals surface area contributed by atoms with Crippen LogP contribution in [0.2, 0.25) is 5.02 Å². The highest BCUT2D eigenvalue weighted by Gasteiger charge is 2.32. The summed E-state index contributed by atoms with van der Waals surface area (Å²) < 4.78 is 51.0. The fourth-order valence-electron chi connectivity index (χ4n) is 4.12. The van der Waals surface area contributed by atoms with Crippen LogP contribution in [-0.4, -0.2) is 59.8 Å². The number of carbonyl (C=O) groups is 2. The second-order valence-electron chi connectivity index (χ2n) is 8.16. The van der Waals surface area contributed by atoms with E-state index >= 15 is 0 Å². The van der Waals surface area contributed by atoms with Gasteiger partial charge in [-0.25, -0.2) is 13.2 Å². The van der Waals surface area contributed by atoms with E-state index in [1.807, 2.05) is 0 Å². The predicted molar refractivity (Wildman–Crippen MR) is 146 cm³/mol. The average molecular weight is 573 g/mol. The molecule has 0 fully saturated rings. The molecule has 1 heterocycles. The quantitative estimate of drug-likeness (QED) is 0.266. The monoisotopic (exact) mass is 572 g/mol. The normalized spacial score (nSPS) is 11.2. The number of anilines is 1. The molecule has 4 rings (SSSR count). The third-order valence-corrected chi connectivity index (χ3v) is 8.01. The number of hydrogen-bond donors (Lipinski definition) is 0. The minimum atomic E-state index is -4.40. The Labute approximate surface area is 230 Å². The average Bonchev–Trinajstić information content (AvgIpc) is 3.34. The molecule has 4 aromatic rings. The summed E-state index contributed by atoms with van der Waals surface area (Å²) >= 11 is 6.23. The van der Waals surface area contributed by atoms with Crippen LogP contribution in [0.5, 0.6) is 17.2 Å². The SMILES string of the molecule is COC(=O)c1cn(C(=O)CN(c2cc(Cl)ccc2OC)S(=O)(=O)c2ccc(OC)c(OC)c2)c2ccccc12. The molecule has 12 heteroatoms. The predicted octanol–water partition coefficient (Wildman–Crippen LogP) is 4.64. The van der Waals surface area contributed by atoms with E-state index in [-0.39, 0.29) is 32.7 Å². The van der Waals surface area contributed by atoms with Crippen LogP contribution < -0.4 is 18.5 Å². The Morgan fingerprint density at radius 2 is 1.54 bits per heavy atom. The van der Waals surface area contributed by atoms with E-state index in [1.54, 1.807) is 24.3 Å². The van der Waals surface area contributed by atoms with Crippen molar-refractivity contribution < 1.29 is 37.0 Å². The molecule has 0 aliphatic carbocycles. The van der Waals surface area contributed by atoms with Crippen molar-refractivity contribution in [2.75, 3.05) is 39.3 Å². The Hall–Kier alpha value is -4.22. The first-order valence-corrected chi connectivity index (χ1v) is 13.3. The minimum absolute atomic E-state index is 0.0396. The first-order chi connectivity index (χ1) is 18.7. The van der Waals surface area contributed by atoms with Crippen LogP contribution >= 0.6 is 11.6 Å². The zero-order valence-corrected chi connectivity index (χ0v) is 23.1. The van der Waals surface area contributed by atoms with Crippen molar-refractivity contribution in [1.82, 2.24) is 4.57 Å². The van der Waals surface area contributed by atoms with Gasteiger partial charge in [0, 0.05) is 22.7 Å². The number of sulfonamides is 1. The Balaban J connectivity index is 1.88. The lowest BCUT2D eigenvalue weighted by Gasteiger charge is -2.26. The second kappa shape index (κ2) is 11.3. The van der Waals surface area contributed by atoms with Crippen molar-refractivity contribution in [3.8, 4) is 17.2 Å². The number of para-hydroxylation sites is 1. The maximum absolute atomic E-state index is 14.1. The van der Waals surface area contributed by atoms with Gasteiger partial charge in [0.05, 0.1) is 50.1 Å². The molecule has 0 saturated heterocycles. The highest BCUT2D eigenvalue weighted by Crippen LogP contribution is 2.37. The molecule has 0 bridgehead atoms. The fraction of sp³-hybridized carbons (Fsp3) is 0.185. The molecule has 1 aromatic heterocycles. The van der Waals surface area contributed by atoms with Gasteiger partial charge in [-0.15, -0.1) is 0 Å².